The summed E-state index contributed by atoms with van der Waals surface area (Å²) in [4.78, 5) is 0. The van der Waals surface area contributed by atoms with Crippen molar-refractivity contribution < 1.29 is 0 Å². The summed E-state index contributed by atoms with van der Waals surface area (Å²) >= 11 is 0. The molecule has 0 atom stereocenters. The van der Waals surface area contributed by atoms with Crippen LogP contribution in [-0.4, -0.2) is 12.6 Å². The van der Waals surface area contributed by atoms with Gasteiger partial charge in [0.2, 0.25) is 0 Å². The second-order valence-electron chi connectivity index (χ2n) is 2.83. The molecule has 1 aliphatic rings. The van der Waals surface area contributed by atoms with Gasteiger partial charge in [0.25, 0.3) is 0 Å². The van der Waals surface area contributed by atoms with Crippen molar-refractivity contribution in [3.8, 4) is 0 Å². The molecule has 0 unspecified atom stereocenters. The lowest BCUT2D eigenvalue weighted by atomic mass is 10.3. The maximum absolute atomic E-state index is 3.29. The van der Waals surface area contributed by atoms with Crippen LogP contribution in [0.5, 0.6) is 0 Å². The van der Waals surface area contributed by atoms with Crippen LogP contribution in [0.2, 0.25) is 0 Å². The molecule has 0 aromatic heterocycles. The highest BCUT2D eigenvalue weighted by Crippen LogP contribution is 2.33. The summed E-state index contributed by atoms with van der Waals surface area (Å²) in [5.41, 5.74) is 0.424. The molecule has 0 amide bonds. The molecule has 0 spiro atoms. The first-order valence-electron chi connectivity index (χ1n) is 3.37. The summed E-state index contributed by atoms with van der Waals surface area (Å²) in [6, 6.07) is 0. The maximum atomic E-state index is 3.29. The Labute approximate surface area is 56.3 Å². The third-order valence-electron chi connectivity index (χ3n) is 1.68. The van der Waals surface area contributed by atoms with Gasteiger partial charge in [0.1, 0.15) is 0 Å². The van der Waals surface area contributed by atoms with Crippen LogP contribution in [0.1, 0.15) is 19.8 Å². The molecule has 0 aliphatic heterocycles. The molecule has 1 saturated carbocycles. The number of rotatable bonds is 3. The van der Waals surface area contributed by atoms with Gasteiger partial charge in [0.15, 0.2) is 0 Å². The molecule has 2 nitrogen and oxygen atoms in total. The van der Waals surface area contributed by atoms with Crippen molar-refractivity contribution in [1.82, 2.24) is 10.6 Å². The van der Waals surface area contributed by atoms with Gasteiger partial charge in [-0.25, -0.2) is 0 Å². The molecule has 2 heteroatoms. The van der Waals surface area contributed by atoms with Crippen molar-refractivity contribution in [2.75, 3.05) is 7.05 Å². The van der Waals surface area contributed by atoms with Crippen LogP contribution in [-0.2, 0) is 0 Å². The van der Waals surface area contributed by atoms with E-state index in [4.69, 9.17) is 0 Å². The van der Waals surface area contributed by atoms with Crippen LogP contribution < -0.4 is 10.6 Å². The zero-order valence-electron chi connectivity index (χ0n) is 6.07. The van der Waals surface area contributed by atoms with E-state index in [1.54, 1.807) is 0 Å². The fourth-order valence-corrected chi connectivity index (χ4v) is 0.658. The standard InChI is InChI=1S/C7H14N2/c1-7(3-4-7)9-6-5-8-2/h5-6,8-9H,3-4H2,1-2H3/b6-5-. The Bertz CT molecular complexity index is 114. The molecule has 0 bridgehead atoms. The third-order valence-corrected chi connectivity index (χ3v) is 1.68. The van der Waals surface area contributed by atoms with E-state index in [0.29, 0.717) is 5.54 Å². The lowest BCUT2D eigenvalue weighted by Gasteiger charge is -2.06. The lowest BCUT2D eigenvalue weighted by molar-refractivity contribution is 0.636. The van der Waals surface area contributed by atoms with Crippen molar-refractivity contribution in [2.24, 2.45) is 0 Å². The zero-order chi connectivity index (χ0) is 6.74. The Kier molecular flexibility index (Phi) is 1.65. The first-order chi connectivity index (χ1) is 4.27. The third kappa shape index (κ3) is 1.96. The normalized spacial score (nSPS) is 22.0. The van der Waals surface area contributed by atoms with Crippen LogP contribution in [0.25, 0.3) is 0 Å². The predicted molar refractivity (Wildman–Crippen MR) is 39.0 cm³/mol. The highest BCUT2D eigenvalue weighted by Gasteiger charge is 2.35. The summed E-state index contributed by atoms with van der Waals surface area (Å²) in [6.45, 7) is 2.23. The van der Waals surface area contributed by atoms with Gasteiger partial charge in [-0.05, 0) is 19.8 Å². The van der Waals surface area contributed by atoms with Crippen molar-refractivity contribution in [3.05, 3.63) is 12.4 Å². The summed E-state index contributed by atoms with van der Waals surface area (Å²) in [7, 11) is 1.90. The van der Waals surface area contributed by atoms with Crippen molar-refractivity contribution in [1.29, 1.82) is 0 Å². The molecule has 2 N–H and O–H groups in total. The van der Waals surface area contributed by atoms with Crippen molar-refractivity contribution in [2.45, 2.75) is 25.3 Å². The Morgan fingerprint density at radius 2 is 2.00 bits per heavy atom. The molecule has 1 fully saturated rings. The second-order valence-corrected chi connectivity index (χ2v) is 2.83. The molecular weight excluding hydrogens is 112 g/mol. The summed E-state index contributed by atoms with van der Waals surface area (Å²) in [6.07, 6.45) is 6.48. The van der Waals surface area contributed by atoms with Crippen LogP contribution in [0.15, 0.2) is 12.4 Å². The summed E-state index contributed by atoms with van der Waals surface area (Å²) in [5, 5.41) is 6.22. The molecule has 0 radical (unpaired) electrons. The fourth-order valence-electron chi connectivity index (χ4n) is 0.658. The van der Waals surface area contributed by atoms with E-state index < -0.39 is 0 Å². The van der Waals surface area contributed by atoms with E-state index in [-0.39, 0.29) is 0 Å². The summed E-state index contributed by atoms with van der Waals surface area (Å²) < 4.78 is 0. The molecule has 0 aromatic carbocycles. The van der Waals surface area contributed by atoms with Crippen LogP contribution in [0.3, 0.4) is 0 Å². The number of hydrogen-bond donors (Lipinski definition) is 2. The summed E-state index contributed by atoms with van der Waals surface area (Å²) in [5.74, 6) is 0. The van der Waals surface area contributed by atoms with Gasteiger partial charge >= 0.3 is 0 Å². The Balaban J connectivity index is 2.11. The van der Waals surface area contributed by atoms with E-state index in [1.807, 2.05) is 19.4 Å². The van der Waals surface area contributed by atoms with Gasteiger partial charge in [-0.15, -0.1) is 0 Å². The number of hydrogen-bond acceptors (Lipinski definition) is 2. The monoisotopic (exact) mass is 126 g/mol. The highest BCUT2D eigenvalue weighted by atomic mass is 15.0. The van der Waals surface area contributed by atoms with Crippen molar-refractivity contribution >= 4 is 0 Å². The predicted octanol–water partition coefficient (Wildman–Crippen LogP) is 0.819. The van der Waals surface area contributed by atoms with E-state index in [0.717, 1.165) is 0 Å². The van der Waals surface area contributed by atoms with E-state index in [1.165, 1.54) is 12.8 Å². The Morgan fingerprint density at radius 3 is 2.44 bits per heavy atom. The second kappa shape index (κ2) is 2.29. The first kappa shape index (κ1) is 6.46. The first-order valence-corrected chi connectivity index (χ1v) is 3.37. The van der Waals surface area contributed by atoms with Crippen LogP contribution in [0, 0.1) is 0 Å². The molecule has 9 heavy (non-hydrogen) atoms. The van der Waals surface area contributed by atoms with Crippen LogP contribution in [0.4, 0.5) is 0 Å². The van der Waals surface area contributed by atoms with Crippen LogP contribution >= 0.6 is 0 Å². The lowest BCUT2D eigenvalue weighted by Crippen LogP contribution is -2.21. The Morgan fingerprint density at radius 1 is 1.33 bits per heavy atom. The zero-order valence-corrected chi connectivity index (χ0v) is 6.07. The van der Waals surface area contributed by atoms with E-state index in [2.05, 4.69) is 17.6 Å². The van der Waals surface area contributed by atoms with E-state index >= 15 is 0 Å². The number of nitrogens with one attached hydrogen (secondary N) is 2. The molecular formula is C7H14N2. The minimum Gasteiger partial charge on any atom is -0.393 e. The molecule has 1 rings (SSSR count). The van der Waals surface area contributed by atoms with Gasteiger partial charge in [0, 0.05) is 25.0 Å². The van der Waals surface area contributed by atoms with Gasteiger partial charge in [-0.2, -0.15) is 0 Å². The topological polar surface area (TPSA) is 24.1 Å². The van der Waals surface area contributed by atoms with Gasteiger partial charge in [-0.3, -0.25) is 0 Å². The molecule has 0 aromatic rings. The van der Waals surface area contributed by atoms with Crippen molar-refractivity contribution in [3.63, 3.8) is 0 Å². The molecule has 52 valence electrons. The van der Waals surface area contributed by atoms with Gasteiger partial charge in [-0.1, -0.05) is 0 Å². The molecule has 1 aliphatic carbocycles. The van der Waals surface area contributed by atoms with Gasteiger partial charge in [0.05, 0.1) is 0 Å². The average molecular weight is 126 g/mol. The van der Waals surface area contributed by atoms with Gasteiger partial charge < -0.3 is 10.6 Å². The molecule has 0 heterocycles. The fraction of sp³-hybridized carbons (Fsp3) is 0.714. The minimum atomic E-state index is 0.424. The SMILES string of the molecule is CN/C=C\NC1(C)CC1. The Hall–Kier alpha value is -0.660. The average Bonchev–Trinajstić information content (AvgIpc) is 2.50. The van der Waals surface area contributed by atoms with E-state index in [9.17, 15) is 0 Å². The highest BCUT2D eigenvalue weighted by molar-refractivity contribution is 5.01. The maximum Gasteiger partial charge on any atom is 0.0342 e. The molecule has 0 saturated heterocycles. The largest absolute Gasteiger partial charge is 0.393 e. The smallest absolute Gasteiger partial charge is 0.0342 e. The minimum absolute atomic E-state index is 0.424. The quantitative estimate of drug-likeness (QED) is 0.585.